The molecule has 0 bridgehead atoms. The molecule has 0 saturated heterocycles. The van der Waals surface area contributed by atoms with Gasteiger partial charge in [-0.05, 0) is 49.4 Å². The van der Waals surface area contributed by atoms with Crippen molar-refractivity contribution >= 4 is 23.2 Å². The van der Waals surface area contributed by atoms with Crippen LogP contribution in [0.3, 0.4) is 0 Å². The van der Waals surface area contributed by atoms with E-state index in [-0.39, 0.29) is 0 Å². The second kappa shape index (κ2) is 6.03. The summed E-state index contributed by atoms with van der Waals surface area (Å²) in [7, 11) is 1.64. The number of methoxy groups -OCH3 is 1. The lowest BCUT2D eigenvalue weighted by Crippen LogP contribution is -1.84. The number of nitrogens with one attached hydrogen (secondary N) is 1. The molecule has 0 aliphatic heterocycles. The normalized spacial score (nSPS) is 10.7. The Morgan fingerprint density at radius 1 is 1.05 bits per heavy atom. The average Bonchev–Trinajstić information content (AvgIpc) is 2.91. The van der Waals surface area contributed by atoms with Crippen LogP contribution in [0.25, 0.3) is 22.6 Å². The molecule has 0 saturated carbocycles. The van der Waals surface area contributed by atoms with Crippen LogP contribution in [0, 0.1) is 6.92 Å². The number of aryl methyl sites for hydroxylation is 1. The standard InChI is InChI=1S/C17H14Cl2N2O/c1-10-16(14-9-12(18)5-8-15(14)19)21-17(20-10)11-3-6-13(22-2)7-4-11/h3-9H,1-2H3,(H,20,21). The smallest absolute Gasteiger partial charge is 0.138 e. The van der Waals surface area contributed by atoms with Crippen LogP contribution < -0.4 is 4.74 Å². The molecule has 2 aromatic carbocycles. The predicted octanol–water partition coefficient (Wildman–Crippen LogP) is 5.37. The molecule has 0 unspecified atom stereocenters. The number of imidazole rings is 1. The number of nitrogens with zero attached hydrogens (tertiary/aromatic N) is 1. The molecular weight excluding hydrogens is 319 g/mol. The first-order valence-electron chi connectivity index (χ1n) is 6.75. The van der Waals surface area contributed by atoms with E-state index in [1.807, 2.05) is 37.3 Å². The summed E-state index contributed by atoms with van der Waals surface area (Å²) in [5.41, 5.74) is 3.55. The highest BCUT2D eigenvalue weighted by Crippen LogP contribution is 2.33. The van der Waals surface area contributed by atoms with E-state index in [0.717, 1.165) is 34.1 Å². The number of ether oxygens (including phenoxy) is 1. The van der Waals surface area contributed by atoms with E-state index in [1.54, 1.807) is 19.2 Å². The maximum absolute atomic E-state index is 6.27. The molecule has 5 heteroatoms. The third kappa shape index (κ3) is 2.82. The molecule has 3 aromatic rings. The molecular formula is C17H14Cl2N2O. The molecule has 1 N–H and O–H groups in total. The number of H-pyrrole nitrogens is 1. The van der Waals surface area contributed by atoms with Crippen molar-refractivity contribution in [1.29, 1.82) is 0 Å². The first kappa shape index (κ1) is 14.9. The third-order valence-corrected chi connectivity index (χ3v) is 4.00. The van der Waals surface area contributed by atoms with Crippen molar-refractivity contribution in [3.8, 4) is 28.4 Å². The highest BCUT2D eigenvalue weighted by atomic mass is 35.5. The van der Waals surface area contributed by atoms with Crippen LogP contribution in [0.5, 0.6) is 5.75 Å². The highest BCUT2D eigenvalue weighted by molar-refractivity contribution is 6.35. The lowest BCUT2D eigenvalue weighted by molar-refractivity contribution is 0.415. The van der Waals surface area contributed by atoms with Gasteiger partial charge in [0.2, 0.25) is 0 Å². The summed E-state index contributed by atoms with van der Waals surface area (Å²) in [6.07, 6.45) is 0. The van der Waals surface area contributed by atoms with E-state index < -0.39 is 0 Å². The van der Waals surface area contributed by atoms with Crippen LogP contribution in [-0.4, -0.2) is 17.1 Å². The molecule has 0 fully saturated rings. The van der Waals surface area contributed by atoms with Crippen molar-refractivity contribution in [2.75, 3.05) is 7.11 Å². The number of hydrogen-bond acceptors (Lipinski definition) is 2. The van der Waals surface area contributed by atoms with Gasteiger partial charge in [0.05, 0.1) is 17.8 Å². The van der Waals surface area contributed by atoms with Gasteiger partial charge in [-0.2, -0.15) is 0 Å². The summed E-state index contributed by atoms with van der Waals surface area (Å²) < 4.78 is 5.17. The first-order chi connectivity index (χ1) is 10.6. The number of aromatic amines is 1. The quantitative estimate of drug-likeness (QED) is 0.700. The molecule has 0 aliphatic carbocycles. The summed E-state index contributed by atoms with van der Waals surface area (Å²) in [5.74, 6) is 1.59. The second-order valence-electron chi connectivity index (χ2n) is 4.91. The minimum atomic E-state index is 0.625. The fourth-order valence-electron chi connectivity index (χ4n) is 2.29. The topological polar surface area (TPSA) is 37.9 Å². The summed E-state index contributed by atoms with van der Waals surface area (Å²) in [4.78, 5) is 7.96. The van der Waals surface area contributed by atoms with Crippen molar-refractivity contribution in [3.63, 3.8) is 0 Å². The van der Waals surface area contributed by atoms with Gasteiger partial charge in [0.25, 0.3) is 0 Å². The van der Waals surface area contributed by atoms with Crippen molar-refractivity contribution in [1.82, 2.24) is 9.97 Å². The number of aromatic nitrogens is 2. The summed E-state index contributed by atoms with van der Waals surface area (Å²) in [6, 6.07) is 13.1. The van der Waals surface area contributed by atoms with Crippen LogP contribution in [0.1, 0.15) is 5.69 Å². The molecule has 0 aliphatic rings. The van der Waals surface area contributed by atoms with Crippen molar-refractivity contribution in [3.05, 3.63) is 58.2 Å². The maximum atomic E-state index is 6.27. The Morgan fingerprint density at radius 3 is 2.45 bits per heavy atom. The summed E-state index contributed by atoms with van der Waals surface area (Å²) in [6.45, 7) is 1.96. The Morgan fingerprint density at radius 2 is 1.77 bits per heavy atom. The lowest BCUT2D eigenvalue weighted by atomic mass is 10.1. The van der Waals surface area contributed by atoms with Gasteiger partial charge >= 0.3 is 0 Å². The molecule has 0 amide bonds. The average molecular weight is 333 g/mol. The van der Waals surface area contributed by atoms with Gasteiger partial charge in [0, 0.05) is 21.8 Å². The first-order valence-corrected chi connectivity index (χ1v) is 7.50. The van der Waals surface area contributed by atoms with E-state index in [4.69, 9.17) is 27.9 Å². The molecule has 3 rings (SSSR count). The fourth-order valence-corrected chi connectivity index (χ4v) is 2.67. The Balaban J connectivity index is 2.05. The van der Waals surface area contributed by atoms with E-state index in [0.29, 0.717) is 10.0 Å². The molecule has 3 nitrogen and oxygen atoms in total. The van der Waals surface area contributed by atoms with Gasteiger partial charge in [0.1, 0.15) is 11.6 Å². The Bertz CT molecular complexity index is 810. The van der Waals surface area contributed by atoms with Gasteiger partial charge in [-0.3, -0.25) is 0 Å². The number of halogens is 2. The van der Waals surface area contributed by atoms with Gasteiger partial charge in [-0.15, -0.1) is 0 Å². The Labute approximate surface area is 138 Å². The van der Waals surface area contributed by atoms with Crippen LogP contribution in [0.15, 0.2) is 42.5 Å². The number of benzene rings is 2. The maximum Gasteiger partial charge on any atom is 0.138 e. The van der Waals surface area contributed by atoms with Crippen LogP contribution in [0.4, 0.5) is 0 Å². The number of hydrogen-bond donors (Lipinski definition) is 1. The highest BCUT2D eigenvalue weighted by Gasteiger charge is 2.13. The molecule has 22 heavy (non-hydrogen) atoms. The molecule has 0 atom stereocenters. The molecule has 0 radical (unpaired) electrons. The zero-order valence-corrected chi connectivity index (χ0v) is 13.7. The van der Waals surface area contributed by atoms with Gasteiger partial charge in [0.15, 0.2) is 0 Å². The van der Waals surface area contributed by atoms with Crippen LogP contribution >= 0.6 is 23.2 Å². The van der Waals surface area contributed by atoms with Crippen molar-refractivity contribution < 1.29 is 4.74 Å². The SMILES string of the molecule is COc1ccc(-c2nc(-c3cc(Cl)ccc3Cl)c(C)[nH]2)cc1. The zero-order valence-electron chi connectivity index (χ0n) is 12.2. The van der Waals surface area contributed by atoms with E-state index in [1.165, 1.54) is 0 Å². The minimum Gasteiger partial charge on any atom is -0.497 e. The molecule has 112 valence electrons. The predicted molar refractivity (Wildman–Crippen MR) is 90.8 cm³/mol. The molecule has 0 spiro atoms. The van der Waals surface area contributed by atoms with Gasteiger partial charge in [-0.1, -0.05) is 23.2 Å². The second-order valence-corrected chi connectivity index (χ2v) is 5.76. The Hall–Kier alpha value is -1.97. The fraction of sp³-hybridized carbons (Fsp3) is 0.118. The molecule has 1 aromatic heterocycles. The third-order valence-electron chi connectivity index (χ3n) is 3.43. The van der Waals surface area contributed by atoms with E-state index in [9.17, 15) is 0 Å². The summed E-state index contributed by atoms with van der Waals surface area (Å²) in [5, 5.41) is 1.26. The zero-order chi connectivity index (χ0) is 15.7. The lowest BCUT2D eigenvalue weighted by Gasteiger charge is -2.02. The van der Waals surface area contributed by atoms with Gasteiger partial charge in [-0.25, -0.2) is 4.98 Å². The minimum absolute atomic E-state index is 0.625. The van der Waals surface area contributed by atoms with Gasteiger partial charge < -0.3 is 9.72 Å². The largest absolute Gasteiger partial charge is 0.497 e. The summed E-state index contributed by atoms with van der Waals surface area (Å²) >= 11 is 12.3. The van der Waals surface area contributed by atoms with E-state index >= 15 is 0 Å². The van der Waals surface area contributed by atoms with E-state index in [2.05, 4.69) is 9.97 Å². The van der Waals surface area contributed by atoms with Crippen molar-refractivity contribution in [2.45, 2.75) is 6.92 Å². The molecule has 1 heterocycles. The monoisotopic (exact) mass is 332 g/mol. The van der Waals surface area contributed by atoms with Crippen molar-refractivity contribution in [2.24, 2.45) is 0 Å². The Kier molecular flexibility index (Phi) is 4.10. The van der Waals surface area contributed by atoms with Crippen LogP contribution in [-0.2, 0) is 0 Å². The van der Waals surface area contributed by atoms with Crippen LogP contribution in [0.2, 0.25) is 10.0 Å². The number of rotatable bonds is 3.